The van der Waals surface area contributed by atoms with Crippen molar-refractivity contribution in [1.29, 1.82) is 0 Å². The van der Waals surface area contributed by atoms with Gasteiger partial charge in [-0.2, -0.15) is 5.10 Å². The van der Waals surface area contributed by atoms with E-state index >= 15 is 0 Å². The number of likely N-dealkylation sites (tertiary alicyclic amines) is 1. The lowest BCUT2D eigenvalue weighted by molar-refractivity contribution is -0.130. The van der Waals surface area contributed by atoms with Crippen LogP contribution in [0.3, 0.4) is 0 Å². The van der Waals surface area contributed by atoms with Crippen LogP contribution in [0.15, 0.2) is 23.4 Å². The van der Waals surface area contributed by atoms with Crippen LogP contribution in [0.25, 0.3) is 0 Å². The first kappa shape index (κ1) is 19.2. The monoisotopic (exact) mass is 364 g/mol. The van der Waals surface area contributed by atoms with Crippen LogP contribution in [-0.4, -0.2) is 71.8 Å². The Morgan fingerprint density at radius 2 is 2.15 bits per heavy atom. The molecule has 1 aliphatic rings. The summed E-state index contributed by atoms with van der Waals surface area (Å²) in [6, 6.07) is 0. The van der Waals surface area contributed by atoms with Crippen molar-refractivity contribution >= 4 is 12.4 Å². The Balaban J connectivity index is 0.000000758. The molecule has 0 saturated carbocycles. The van der Waals surface area contributed by atoms with E-state index in [1.807, 2.05) is 0 Å². The summed E-state index contributed by atoms with van der Waals surface area (Å²) in [5.74, 6) is 0.356. The highest BCUT2D eigenvalue weighted by atomic mass is 16.3. The van der Waals surface area contributed by atoms with Gasteiger partial charge < -0.3 is 15.1 Å². The van der Waals surface area contributed by atoms with Gasteiger partial charge in [-0.3, -0.25) is 24.5 Å². The van der Waals surface area contributed by atoms with Crippen molar-refractivity contribution in [2.75, 3.05) is 13.1 Å². The number of H-pyrrole nitrogens is 2. The smallest absolute Gasteiger partial charge is 0.340 e. The second-order valence-corrected chi connectivity index (χ2v) is 5.76. The predicted molar refractivity (Wildman–Crippen MR) is 88.0 cm³/mol. The van der Waals surface area contributed by atoms with Crippen LogP contribution in [0.4, 0.5) is 0 Å². The summed E-state index contributed by atoms with van der Waals surface area (Å²) in [5, 5.41) is 23.1. The lowest BCUT2D eigenvalue weighted by Gasteiger charge is -2.15. The molecular formula is C15H20N6O5. The summed E-state index contributed by atoms with van der Waals surface area (Å²) in [7, 11) is 0. The van der Waals surface area contributed by atoms with Crippen molar-refractivity contribution in [2.45, 2.75) is 25.4 Å². The average molecular weight is 364 g/mol. The Hall–Kier alpha value is -3.08. The Bertz CT molecular complexity index is 761. The van der Waals surface area contributed by atoms with E-state index in [9.17, 15) is 14.7 Å². The van der Waals surface area contributed by atoms with Crippen LogP contribution in [-0.2, 0) is 22.4 Å². The molecule has 11 nitrogen and oxygen atoms in total. The van der Waals surface area contributed by atoms with Gasteiger partial charge in [-0.15, -0.1) is 0 Å². The standard InChI is InChI=1S/C14H18N6O3.CH2O2/c21-11-8-20(7-9(11)5-10-6-15-3-4-16-10)13(22)2-1-12-17-14(23)19-18-12;2-1-3/h3-4,6,9,11,21H,1-2,5,7-8H2,(H2,17,18,19,23);1H,(H,2,3)/t9-,11-;/m1./s1. The fourth-order valence-corrected chi connectivity index (χ4v) is 2.77. The van der Waals surface area contributed by atoms with E-state index in [1.54, 1.807) is 23.5 Å². The van der Waals surface area contributed by atoms with Crippen LogP contribution in [0.1, 0.15) is 17.9 Å². The zero-order chi connectivity index (χ0) is 18.9. The second-order valence-electron chi connectivity index (χ2n) is 5.76. The Morgan fingerprint density at radius 1 is 1.38 bits per heavy atom. The fraction of sp³-hybridized carbons (Fsp3) is 0.467. The van der Waals surface area contributed by atoms with Gasteiger partial charge in [-0.1, -0.05) is 0 Å². The van der Waals surface area contributed by atoms with Crippen LogP contribution >= 0.6 is 0 Å². The summed E-state index contributed by atoms with van der Waals surface area (Å²) in [4.78, 5) is 43.9. The maximum absolute atomic E-state index is 12.2. The van der Waals surface area contributed by atoms with E-state index < -0.39 is 6.10 Å². The third kappa shape index (κ3) is 5.48. The van der Waals surface area contributed by atoms with E-state index in [2.05, 4.69) is 25.1 Å². The molecule has 4 N–H and O–H groups in total. The molecule has 1 amide bonds. The number of hydrogen-bond donors (Lipinski definition) is 4. The lowest BCUT2D eigenvalue weighted by Crippen LogP contribution is -2.29. The average Bonchev–Trinajstić information content (AvgIpc) is 3.20. The van der Waals surface area contributed by atoms with Crippen LogP contribution in [0, 0.1) is 5.92 Å². The van der Waals surface area contributed by atoms with Gasteiger partial charge in [0.05, 0.1) is 11.8 Å². The summed E-state index contributed by atoms with van der Waals surface area (Å²) in [6.45, 7) is 0.564. The van der Waals surface area contributed by atoms with Crippen molar-refractivity contribution in [3.63, 3.8) is 0 Å². The van der Waals surface area contributed by atoms with E-state index in [4.69, 9.17) is 9.90 Å². The third-order valence-electron chi connectivity index (χ3n) is 3.97. The van der Waals surface area contributed by atoms with E-state index in [1.165, 1.54) is 0 Å². The molecule has 0 unspecified atom stereocenters. The molecule has 0 aromatic carbocycles. The molecule has 3 rings (SSSR count). The summed E-state index contributed by atoms with van der Waals surface area (Å²) >= 11 is 0. The fourth-order valence-electron chi connectivity index (χ4n) is 2.77. The zero-order valence-corrected chi connectivity index (χ0v) is 13.9. The molecule has 1 aliphatic heterocycles. The van der Waals surface area contributed by atoms with Gasteiger partial charge in [0.1, 0.15) is 5.82 Å². The van der Waals surface area contributed by atoms with E-state index in [0.29, 0.717) is 31.8 Å². The molecule has 0 aliphatic carbocycles. The first-order valence-corrected chi connectivity index (χ1v) is 7.95. The van der Waals surface area contributed by atoms with Gasteiger partial charge in [0.25, 0.3) is 6.47 Å². The normalized spacial score (nSPS) is 18.9. The molecule has 0 radical (unpaired) electrons. The van der Waals surface area contributed by atoms with Crippen molar-refractivity contribution in [3.8, 4) is 0 Å². The number of carbonyl (C=O) groups is 2. The van der Waals surface area contributed by atoms with Crippen molar-refractivity contribution in [2.24, 2.45) is 5.92 Å². The maximum atomic E-state index is 12.2. The minimum Gasteiger partial charge on any atom is -0.483 e. The number of aryl methyl sites for hydroxylation is 1. The zero-order valence-electron chi connectivity index (χ0n) is 13.9. The molecule has 0 bridgehead atoms. The van der Waals surface area contributed by atoms with Gasteiger partial charge in [0.15, 0.2) is 0 Å². The maximum Gasteiger partial charge on any atom is 0.340 e. The highest BCUT2D eigenvalue weighted by Crippen LogP contribution is 2.21. The Morgan fingerprint density at radius 3 is 2.77 bits per heavy atom. The van der Waals surface area contributed by atoms with Gasteiger partial charge in [0.2, 0.25) is 5.91 Å². The van der Waals surface area contributed by atoms with Gasteiger partial charge in [0, 0.05) is 50.4 Å². The molecule has 140 valence electrons. The molecular weight excluding hydrogens is 344 g/mol. The first-order valence-electron chi connectivity index (χ1n) is 7.95. The highest BCUT2D eigenvalue weighted by molar-refractivity contribution is 5.76. The van der Waals surface area contributed by atoms with Gasteiger partial charge in [-0.25, -0.2) is 9.89 Å². The molecule has 3 heterocycles. The molecule has 0 spiro atoms. The van der Waals surface area contributed by atoms with E-state index in [-0.39, 0.29) is 30.4 Å². The summed E-state index contributed by atoms with van der Waals surface area (Å²) in [6.07, 6.45) is 5.51. The van der Waals surface area contributed by atoms with Crippen molar-refractivity contribution in [1.82, 2.24) is 30.0 Å². The topological polar surface area (TPSA) is 165 Å². The number of carboxylic acid groups (broad SMARTS) is 1. The van der Waals surface area contributed by atoms with Crippen LogP contribution < -0.4 is 5.69 Å². The number of hydrogen-bond acceptors (Lipinski definition) is 7. The van der Waals surface area contributed by atoms with Crippen molar-refractivity contribution in [3.05, 3.63) is 40.6 Å². The largest absolute Gasteiger partial charge is 0.483 e. The Kier molecular flexibility index (Phi) is 6.97. The molecule has 2 atom stereocenters. The van der Waals surface area contributed by atoms with Crippen LogP contribution in [0.2, 0.25) is 0 Å². The quantitative estimate of drug-likeness (QED) is 0.469. The van der Waals surface area contributed by atoms with Gasteiger partial charge in [-0.05, 0) is 6.42 Å². The summed E-state index contributed by atoms with van der Waals surface area (Å²) < 4.78 is 0. The van der Waals surface area contributed by atoms with E-state index in [0.717, 1.165) is 5.69 Å². The van der Waals surface area contributed by atoms with Crippen molar-refractivity contribution < 1.29 is 19.8 Å². The number of aliphatic hydroxyl groups is 1. The lowest BCUT2D eigenvalue weighted by atomic mass is 10.0. The number of nitrogens with one attached hydrogen (secondary N) is 2. The minimum absolute atomic E-state index is 0.0409. The SMILES string of the molecule is O=C(CCc1n[nH]c(=O)[nH]1)N1C[C@@H](Cc2cnccn2)[C@H](O)C1.O=CO. The third-order valence-corrected chi connectivity index (χ3v) is 3.97. The predicted octanol–water partition coefficient (Wildman–Crippen LogP) is -1.42. The minimum atomic E-state index is -0.564. The van der Waals surface area contributed by atoms with Crippen LogP contribution in [0.5, 0.6) is 0 Å². The number of aromatic amines is 2. The molecule has 11 heteroatoms. The number of nitrogens with zero attached hydrogens (tertiary/aromatic N) is 4. The second kappa shape index (κ2) is 9.42. The first-order chi connectivity index (χ1) is 12.5. The molecule has 26 heavy (non-hydrogen) atoms. The number of amides is 1. The number of carbonyl (C=O) groups excluding carboxylic acids is 1. The Labute approximate surface area is 148 Å². The van der Waals surface area contributed by atoms with Gasteiger partial charge >= 0.3 is 5.69 Å². The highest BCUT2D eigenvalue weighted by Gasteiger charge is 2.34. The number of aromatic nitrogens is 5. The number of aliphatic hydroxyl groups excluding tert-OH is 1. The number of rotatable bonds is 5. The molecule has 2 aromatic rings. The molecule has 2 aromatic heterocycles. The molecule has 1 fully saturated rings. The molecule has 1 saturated heterocycles. The summed E-state index contributed by atoms with van der Waals surface area (Å²) in [5.41, 5.74) is 0.424. The number of β-amino-alcohol motifs (C(OH)–C–C–N with tert-alkyl or cyclic N) is 1.